The minimum Gasteiger partial charge on any atom is -0.497 e. The first-order valence-corrected chi connectivity index (χ1v) is 13.7. The maximum absolute atomic E-state index is 12.9. The zero-order valence-electron chi connectivity index (χ0n) is 21.4. The smallest absolute Gasteiger partial charge is 0.261 e. The Bertz CT molecular complexity index is 1660. The van der Waals surface area contributed by atoms with Crippen molar-refractivity contribution in [2.45, 2.75) is 11.8 Å². The lowest BCUT2D eigenvalue weighted by molar-refractivity contribution is 0.415. The van der Waals surface area contributed by atoms with Crippen molar-refractivity contribution >= 4 is 38.9 Å². The fourth-order valence-electron chi connectivity index (χ4n) is 3.93. The Kier molecular flexibility index (Phi) is 7.42. The van der Waals surface area contributed by atoms with Crippen LogP contribution in [0.5, 0.6) is 5.75 Å². The molecule has 0 fully saturated rings. The average molecular weight is 538 g/mol. The molecule has 8 nitrogen and oxygen atoms in total. The lowest BCUT2D eigenvalue weighted by atomic mass is 10.1. The number of nitrogens with zero attached hydrogens (tertiary/aromatic N) is 2. The summed E-state index contributed by atoms with van der Waals surface area (Å²) in [5, 5.41) is 6.44. The highest BCUT2D eigenvalue weighted by Gasteiger charge is 2.14. The van der Waals surface area contributed by atoms with Crippen molar-refractivity contribution in [1.82, 2.24) is 9.97 Å². The summed E-state index contributed by atoms with van der Waals surface area (Å²) in [6, 6.07) is 32.9. The van der Waals surface area contributed by atoms with E-state index in [0.29, 0.717) is 23.1 Å². The number of methoxy groups -OCH3 is 1. The first-order valence-electron chi connectivity index (χ1n) is 12.2. The van der Waals surface area contributed by atoms with Crippen LogP contribution in [0.4, 0.5) is 28.8 Å². The van der Waals surface area contributed by atoms with E-state index in [2.05, 4.69) is 25.3 Å². The van der Waals surface area contributed by atoms with E-state index in [9.17, 15) is 8.42 Å². The second kappa shape index (κ2) is 11.2. The van der Waals surface area contributed by atoms with Gasteiger partial charge in [0.25, 0.3) is 10.0 Å². The second-order valence-corrected chi connectivity index (χ2v) is 10.5. The SMILES string of the molecule is COc1ccc(Nc2cc(C)nc(Nc3ccc(NS(=O)(=O)c4ccc(-c5ccccc5)cc4)cc3)n2)cc1. The van der Waals surface area contributed by atoms with Crippen molar-refractivity contribution in [3.05, 3.63) is 115 Å². The molecule has 0 amide bonds. The Morgan fingerprint density at radius 3 is 1.92 bits per heavy atom. The van der Waals surface area contributed by atoms with Gasteiger partial charge in [-0.3, -0.25) is 4.72 Å². The number of hydrogen-bond donors (Lipinski definition) is 3. The van der Waals surface area contributed by atoms with Gasteiger partial charge in [0.15, 0.2) is 0 Å². The topological polar surface area (TPSA) is 105 Å². The molecule has 0 aliphatic heterocycles. The normalized spacial score (nSPS) is 11.0. The van der Waals surface area contributed by atoms with Crippen LogP contribution >= 0.6 is 0 Å². The number of rotatable bonds is 9. The molecule has 5 aromatic rings. The molecule has 5 rings (SSSR count). The molecular formula is C30H27N5O3S. The third-order valence-corrected chi connectivity index (χ3v) is 7.28. The fourth-order valence-corrected chi connectivity index (χ4v) is 4.99. The van der Waals surface area contributed by atoms with Crippen molar-refractivity contribution in [3.63, 3.8) is 0 Å². The van der Waals surface area contributed by atoms with Gasteiger partial charge in [-0.1, -0.05) is 42.5 Å². The number of sulfonamides is 1. The summed E-state index contributed by atoms with van der Waals surface area (Å²) < 4.78 is 33.7. The van der Waals surface area contributed by atoms with Gasteiger partial charge in [0.05, 0.1) is 12.0 Å². The largest absolute Gasteiger partial charge is 0.497 e. The Morgan fingerprint density at radius 2 is 1.26 bits per heavy atom. The number of aryl methyl sites for hydroxylation is 1. The van der Waals surface area contributed by atoms with E-state index in [0.717, 1.165) is 28.3 Å². The van der Waals surface area contributed by atoms with Gasteiger partial charge in [0, 0.05) is 28.8 Å². The molecule has 39 heavy (non-hydrogen) atoms. The summed E-state index contributed by atoms with van der Waals surface area (Å²) in [6.07, 6.45) is 0. The maximum Gasteiger partial charge on any atom is 0.261 e. The average Bonchev–Trinajstić information content (AvgIpc) is 2.95. The molecule has 1 aromatic heterocycles. The maximum atomic E-state index is 12.9. The molecule has 3 N–H and O–H groups in total. The van der Waals surface area contributed by atoms with E-state index < -0.39 is 10.0 Å². The van der Waals surface area contributed by atoms with Gasteiger partial charge in [0.1, 0.15) is 11.6 Å². The molecule has 9 heteroatoms. The minimum absolute atomic E-state index is 0.189. The van der Waals surface area contributed by atoms with Gasteiger partial charge < -0.3 is 15.4 Å². The lowest BCUT2D eigenvalue weighted by Crippen LogP contribution is -2.12. The number of nitrogens with one attached hydrogen (secondary N) is 3. The molecular weight excluding hydrogens is 510 g/mol. The summed E-state index contributed by atoms with van der Waals surface area (Å²) >= 11 is 0. The quantitative estimate of drug-likeness (QED) is 0.191. The Morgan fingerprint density at radius 1 is 0.667 bits per heavy atom. The summed E-state index contributed by atoms with van der Waals surface area (Å²) in [6.45, 7) is 1.89. The highest BCUT2D eigenvalue weighted by molar-refractivity contribution is 7.92. The van der Waals surface area contributed by atoms with E-state index in [4.69, 9.17) is 4.74 Å². The molecule has 0 aliphatic rings. The summed E-state index contributed by atoms with van der Waals surface area (Å²) in [4.78, 5) is 9.19. The van der Waals surface area contributed by atoms with Crippen molar-refractivity contribution in [2.24, 2.45) is 0 Å². The van der Waals surface area contributed by atoms with Crippen molar-refractivity contribution in [2.75, 3.05) is 22.5 Å². The fraction of sp³-hybridized carbons (Fsp3) is 0.0667. The van der Waals surface area contributed by atoms with Crippen LogP contribution in [-0.2, 0) is 10.0 Å². The molecule has 1 heterocycles. The van der Waals surface area contributed by atoms with Gasteiger partial charge in [-0.15, -0.1) is 0 Å². The van der Waals surface area contributed by atoms with E-state index in [1.807, 2.05) is 67.6 Å². The molecule has 0 saturated heterocycles. The van der Waals surface area contributed by atoms with Crippen LogP contribution in [0.1, 0.15) is 5.69 Å². The van der Waals surface area contributed by atoms with Gasteiger partial charge in [-0.2, -0.15) is 4.98 Å². The van der Waals surface area contributed by atoms with Crippen molar-refractivity contribution in [3.8, 4) is 16.9 Å². The predicted molar refractivity (Wildman–Crippen MR) is 155 cm³/mol. The highest BCUT2D eigenvalue weighted by atomic mass is 32.2. The van der Waals surface area contributed by atoms with Gasteiger partial charge in [-0.25, -0.2) is 13.4 Å². The Balaban J connectivity index is 1.25. The monoisotopic (exact) mass is 537 g/mol. The lowest BCUT2D eigenvalue weighted by Gasteiger charge is -2.12. The minimum atomic E-state index is -3.74. The van der Waals surface area contributed by atoms with Crippen LogP contribution in [-0.4, -0.2) is 25.5 Å². The molecule has 196 valence electrons. The number of ether oxygens (including phenoxy) is 1. The third-order valence-electron chi connectivity index (χ3n) is 5.88. The summed E-state index contributed by atoms with van der Waals surface area (Å²) in [5.41, 5.74) is 4.78. The van der Waals surface area contributed by atoms with Crippen molar-refractivity contribution < 1.29 is 13.2 Å². The van der Waals surface area contributed by atoms with E-state index in [1.54, 1.807) is 55.6 Å². The first-order chi connectivity index (χ1) is 18.9. The van der Waals surface area contributed by atoms with Gasteiger partial charge >= 0.3 is 0 Å². The molecule has 0 spiro atoms. The van der Waals surface area contributed by atoms with Gasteiger partial charge in [0.2, 0.25) is 5.95 Å². The first kappa shape index (κ1) is 25.7. The number of hydrogen-bond acceptors (Lipinski definition) is 7. The van der Waals surface area contributed by atoms with Crippen LogP contribution in [0.2, 0.25) is 0 Å². The standard InChI is InChI=1S/C30H27N5O3S/c1-21-20-29(32-24-14-16-27(38-2)17-15-24)34-30(31-21)33-25-10-12-26(13-11-25)35-39(36,37)28-18-8-23(9-19-28)22-6-4-3-5-7-22/h3-20,35H,1-2H3,(H2,31,32,33,34). The van der Waals surface area contributed by atoms with Crippen LogP contribution in [0.25, 0.3) is 11.1 Å². The third kappa shape index (κ3) is 6.52. The van der Waals surface area contributed by atoms with Crippen LogP contribution in [0.15, 0.2) is 114 Å². The zero-order valence-corrected chi connectivity index (χ0v) is 22.2. The number of anilines is 5. The second-order valence-electron chi connectivity index (χ2n) is 8.77. The zero-order chi connectivity index (χ0) is 27.2. The molecule has 0 bridgehead atoms. The molecule has 0 radical (unpaired) electrons. The van der Waals surface area contributed by atoms with E-state index >= 15 is 0 Å². The number of aromatic nitrogens is 2. The molecule has 0 aliphatic carbocycles. The summed E-state index contributed by atoms with van der Waals surface area (Å²) in [7, 11) is -2.12. The molecule has 0 unspecified atom stereocenters. The molecule has 0 saturated carbocycles. The van der Waals surface area contributed by atoms with E-state index in [-0.39, 0.29) is 4.90 Å². The Labute approximate surface area is 227 Å². The van der Waals surface area contributed by atoms with Crippen LogP contribution in [0, 0.1) is 6.92 Å². The van der Waals surface area contributed by atoms with Crippen LogP contribution in [0.3, 0.4) is 0 Å². The van der Waals surface area contributed by atoms with Crippen LogP contribution < -0.4 is 20.1 Å². The Hall–Kier alpha value is -4.89. The predicted octanol–water partition coefficient (Wildman–Crippen LogP) is 6.75. The summed E-state index contributed by atoms with van der Waals surface area (Å²) in [5.74, 6) is 1.82. The number of benzene rings is 4. The van der Waals surface area contributed by atoms with Crippen molar-refractivity contribution in [1.29, 1.82) is 0 Å². The molecule has 4 aromatic carbocycles. The van der Waals surface area contributed by atoms with Gasteiger partial charge in [-0.05, 0) is 78.7 Å². The highest BCUT2D eigenvalue weighted by Crippen LogP contribution is 2.25. The van der Waals surface area contributed by atoms with E-state index in [1.165, 1.54) is 0 Å². The molecule has 0 atom stereocenters.